The van der Waals surface area contributed by atoms with Gasteiger partial charge in [0.1, 0.15) is 0 Å². The number of rotatable bonds is 6. The molecule has 2 saturated heterocycles. The average molecular weight is 501 g/mol. The second kappa shape index (κ2) is 11.3. The van der Waals surface area contributed by atoms with Gasteiger partial charge in [0.15, 0.2) is 15.8 Å². The summed E-state index contributed by atoms with van der Waals surface area (Å²) in [6.45, 7) is 8.79. The van der Waals surface area contributed by atoms with E-state index in [0.29, 0.717) is 26.1 Å². The first-order valence-corrected chi connectivity index (χ1v) is 11.0. The Kier molecular flexibility index (Phi) is 10.2. The van der Waals surface area contributed by atoms with Gasteiger partial charge >= 0.3 is 0 Å². The van der Waals surface area contributed by atoms with Gasteiger partial charge in [0, 0.05) is 51.7 Å². The van der Waals surface area contributed by atoms with Crippen LogP contribution in [0.2, 0.25) is 0 Å². The normalized spacial score (nSPS) is 23.4. The van der Waals surface area contributed by atoms with Crippen LogP contribution >= 0.6 is 24.0 Å². The Bertz CT molecular complexity index is 570. The Hall–Kier alpha value is -0.620. The average Bonchev–Trinajstić information content (AvgIpc) is 3.04. The van der Waals surface area contributed by atoms with E-state index in [1.807, 2.05) is 18.7 Å². The van der Waals surface area contributed by atoms with Crippen molar-refractivity contribution in [3.05, 3.63) is 0 Å². The van der Waals surface area contributed by atoms with Crippen LogP contribution in [0, 0.1) is 0 Å². The molecule has 0 aliphatic carbocycles. The fourth-order valence-corrected chi connectivity index (χ4v) is 4.40. The third-order valence-corrected chi connectivity index (χ3v) is 6.26. The van der Waals surface area contributed by atoms with Crippen LogP contribution in [0.4, 0.5) is 0 Å². The first-order valence-electron chi connectivity index (χ1n) is 9.19. The molecule has 0 aromatic carbocycles. The number of sulfone groups is 1. The molecule has 0 radical (unpaired) electrons. The van der Waals surface area contributed by atoms with Crippen molar-refractivity contribution in [2.75, 3.05) is 57.3 Å². The number of carbonyl (C=O) groups is 1. The van der Waals surface area contributed by atoms with Crippen LogP contribution in [0.5, 0.6) is 0 Å². The number of aliphatic imine (C=N–C) groups is 1. The van der Waals surface area contributed by atoms with Crippen molar-refractivity contribution in [2.24, 2.45) is 4.99 Å². The van der Waals surface area contributed by atoms with Crippen LogP contribution in [-0.4, -0.2) is 93.4 Å². The standard InChI is InChI=1S/C16H31N5O3S.HI/c1-3-15(22)21-7-5-14(13-21)19-16(17-4-2)18-6-8-20-9-11-25(23,24)12-10-20;/h14H,3-13H2,1-2H3,(H2,17,18,19);1H. The predicted molar refractivity (Wildman–Crippen MR) is 115 cm³/mol. The summed E-state index contributed by atoms with van der Waals surface area (Å²) in [4.78, 5) is 20.4. The second-order valence-electron chi connectivity index (χ2n) is 6.58. The summed E-state index contributed by atoms with van der Waals surface area (Å²) >= 11 is 0. The van der Waals surface area contributed by atoms with E-state index in [2.05, 4.69) is 20.5 Å². The van der Waals surface area contributed by atoms with Gasteiger partial charge in [-0.05, 0) is 13.3 Å². The maximum absolute atomic E-state index is 11.8. The molecule has 10 heteroatoms. The smallest absolute Gasteiger partial charge is 0.222 e. The zero-order chi connectivity index (χ0) is 18.3. The highest BCUT2D eigenvalue weighted by Crippen LogP contribution is 2.10. The number of hydrogen-bond acceptors (Lipinski definition) is 5. The summed E-state index contributed by atoms with van der Waals surface area (Å²) < 4.78 is 22.9. The summed E-state index contributed by atoms with van der Waals surface area (Å²) in [6, 6.07) is 0.230. The molecular weight excluding hydrogens is 469 g/mol. The van der Waals surface area contributed by atoms with Crippen LogP contribution in [-0.2, 0) is 14.6 Å². The van der Waals surface area contributed by atoms with Gasteiger partial charge in [-0.1, -0.05) is 6.92 Å². The Morgan fingerprint density at radius 1 is 1.19 bits per heavy atom. The zero-order valence-electron chi connectivity index (χ0n) is 15.7. The van der Waals surface area contributed by atoms with Crippen molar-refractivity contribution in [1.82, 2.24) is 20.4 Å². The maximum atomic E-state index is 11.8. The third kappa shape index (κ3) is 7.55. The number of likely N-dealkylation sites (tertiary alicyclic amines) is 1. The molecule has 0 spiro atoms. The molecule has 0 bridgehead atoms. The quantitative estimate of drug-likeness (QED) is 0.300. The summed E-state index contributed by atoms with van der Waals surface area (Å²) in [5, 5.41) is 6.65. The monoisotopic (exact) mass is 501 g/mol. The lowest BCUT2D eigenvalue weighted by Crippen LogP contribution is -2.45. The van der Waals surface area contributed by atoms with E-state index < -0.39 is 9.84 Å². The number of halogens is 1. The van der Waals surface area contributed by atoms with E-state index in [4.69, 9.17) is 0 Å². The van der Waals surface area contributed by atoms with E-state index >= 15 is 0 Å². The number of amides is 1. The number of guanidine groups is 1. The van der Waals surface area contributed by atoms with Crippen molar-refractivity contribution in [3.63, 3.8) is 0 Å². The fraction of sp³-hybridized carbons (Fsp3) is 0.875. The SMILES string of the molecule is CCNC(=NCCN1CCS(=O)(=O)CC1)NC1CCN(C(=O)CC)C1.I. The molecule has 1 amide bonds. The van der Waals surface area contributed by atoms with E-state index in [1.165, 1.54) is 0 Å². The molecule has 1 unspecified atom stereocenters. The summed E-state index contributed by atoms with van der Waals surface area (Å²) in [7, 11) is -2.83. The Balaban J connectivity index is 0.00000338. The van der Waals surface area contributed by atoms with Gasteiger partial charge in [0.25, 0.3) is 0 Å². The number of hydrogen-bond donors (Lipinski definition) is 2. The first-order chi connectivity index (χ1) is 11.9. The summed E-state index contributed by atoms with van der Waals surface area (Å²) in [6.07, 6.45) is 1.48. The van der Waals surface area contributed by atoms with Gasteiger partial charge in [-0.25, -0.2) is 8.42 Å². The van der Waals surface area contributed by atoms with Crippen molar-refractivity contribution in [3.8, 4) is 0 Å². The largest absolute Gasteiger partial charge is 0.357 e. The van der Waals surface area contributed by atoms with Gasteiger partial charge in [-0.3, -0.25) is 14.7 Å². The summed E-state index contributed by atoms with van der Waals surface area (Å²) in [5.74, 6) is 1.46. The van der Waals surface area contributed by atoms with Gasteiger partial charge in [0.05, 0.1) is 18.1 Å². The molecule has 1 atom stereocenters. The lowest BCUT2D eigenvalue weighted by atomic mass is 10.3. The molecule has 2 fully saturated rings. The highest BCUT2D eigenvalue weighted by atomic mass is 127. The number of carbonyl (C=O) groups excluding carboxylic acids is 1. The first kappa shape index (κ1) is 23.4. The van der Waals surface area contributed by atoms with E-state index in [1.54, 1.807) is 0 Å². The van der Waals surface area contributed by atoms with Gasteiger partial charge in [0.2, 0.25) is 5.91 Å². The molecule has 2 aliphatic rings. The molecule has 2 N–H and O–H groups in total. The number of nitrogens with zero attached hydrogens (tertiary/aromatic N) is 3. The Morgan fingerprint density at radius 3 is 2.50 bits per heavy atom. The van der Waals surface area contributed by atoms with Gasteiger partial charge in [-0.2, -0.15) is 0 Å². The zero-order valence-corrected chi connectivity index (χ0v) is 18.9. The molecule has 0 saturated carbocycles. The fourth-order valence-electron chi connectivity index (χ4n) is 3.12. The molecule has 0 aromatic heterocycles. The number of nitrogens with one attached hydrogen (secondary N) is 2. The van der Waals surface area contributed by atoms with Crippen LogP contribution in [0.15, 0.2) is 4.99 Å². The van der Waals surface area contributed by atoms with Gasteiger partial charge in [-0.15, -0.1) is 24.0 Å². The lowest BCUT2D eigenvalue weighted by Gasteiger charge is -2.26. The van der Waals surface area contributed by atoms with E-state index in [0.717, 1.165) is 38.6 Å². The van der Waals surface area contributed by atoms with Crippen molar-refractivity contribution < 1.29 is 13.2 Å². The van der Waals surface area contributed by atoms with Crippen molar-refractivity contribution >= 4 is 45.7 Å². The second-order valence-corrected chi connectivity index (χ2v) is 8.88. The van der Waals surface area contributed by atoms with Crippen LogP contribution in [0.3, 0.4) is 0 Å². The van der Waals surface area contributed by atoms with Crippen LogP contribution < -0.4 is 10.6 Å². The molecule has 2 heterocycles. The van der Waals surface area contributed by atoms with E-state index in [9.17, 15) is 13.2 Å². The molecule has 8 nitrogen and oxygen atoms in total. The lowest BCUT2D eigenvalue weighted by molar-refractivity contribution is -0.129. The van der Waals surface area contributed by atoms with Crippen molar-refractivity contribution in [2.45, 2.75) is 32.7 Å². The highest BCUT2D eigenvalue weighted by molar-refractivity contribution is 14.0. The van der Waals surface area contributed by atoms with Gasteiger partial charge < -0.3 is 15.5 Å². The minimum absolute atomic E-state index is 0. The molecule has 2 aliphatic heterocycles. The third-order valence-electron chi connectivity index (χ3n) is 4.65. The molecule has 0 aromatic rings. The maximum Gasteiger partial charge on any atom is 0.222 e. The van der Waals surface area contributed by atoms with E-state index in [-0.39, 0.29) is 47.4 Å². The minimum atomic E-state index is -2.83. The van der Waals surface area contributed by atoms with Crippen molar-refractivity contribution in [1.29, 1.82) is 0 Å². The summed E-state index contributed by atoms with van der Waals surface area (Å²) in [5.41, 5.74) is 0. The molecule has 152 valence electrons. The van der Waals surface area contributed by atoms with Crippen LogP contribution in [0.25, 0.3) is 0 Å². The molecule has 26 heavy (non-hydrogen) atoms. The van der Waals surface area contributed by atoms with Crippen LogP contribution in [0.1, 0.15) is 26.7 Å². The minimum Gasteiger partial charge on any atom is -0.357 e. The predicted octanol–water partition coefficient (Wildman–Crippen LogP) is -0.0992. The molecular formula is C16H32IN5O3S. The highest BCUT2D eigenvalue weighted by Gasteiger charge is 2.26. The Morgan fingerprint density at radius 2 is 1.88 bits per heavy atom. The Labute approximate surface area is 174 Å². The molecule has 2 rings (SSSR count). The topological polar surface area (TPSA) is 94.1 Å².